The average molecular weight is 242 g/mol. The number of piperidine rings is 1. The Labute approximate surface area is 104 Å². The van der Waals surface area contributed by atoms with Crippen LogP contribution in [0.3, 0.4) is 0 Å². The van der Waals surface area contributed by atoms with Crippen LogP contribution in [-0.4, -0.2) is 42.6 Å². The first-order valence-electron chi connectivity index (χ1n) is 6.26. The highest BCUT2D eigenvalue weighted by Crippen LogP contribution is 2.28. The highest BCUT2D eigenvalue weighted by molar-refractivity contribution is 5.77. The second-order valence-corrected chi connectivity index (χ2v) is 6.34. The Morgan fingerprint density at radius 1 is 1.53 bits per heavy atom. The summed E-state index contributed by atoms with van der Waals surface area (Å²) in [4.78, 5) is 14.1. The molecule has 2 N–H and O–H groups in total. The van der Waals surface area contributed by atoms with Crippen LogP contribution in [0.15, 0.2) is 0 Å². The van der Waals surface area contributed by atoms with E-state index in [4.69, 9.17) is 10.5 Å². The molecule has 1 aliphatic rings. The van der Waals surface area contributed by atoms with Gasteiger partial charge in [0.2, 0.25) is 5.91 Å². The maximum absolute atomic E-state index is 12.2. The van der Waals surface area contributed by atoms with Gasteiger partial charge in [0.25, 0.3) is 0 Å². The summed E-state index contributed by atoms with van der Waals surface area (Å²) in [6.07, 6.45) is 1.31. The fraction of sp³-hybridized carbons (Fsp3) is 0.923. The first kappa shape index (κ1) is 14.5. The van der Waals surface area contributed by atoms with Crippen molar-refractivity contribution in [3.05, 3.63) is 0 Å². The maximum atomic E-state index is 12.2. The van der Waals surface area contributed by atoms with Gasteiger partial charge in [-0.05, 0) is 25.7 Å². The van der Waals surface area contributed by atoms with Crippen LogP contribution in [0.5, 0.6) is 0 Å². The van der Waals surface area contributed by atoms with Gasteiger partial charge in [-0.2, -0.15) is 0 Å². The molecule has 0 spiro atoms. The summed E-state index contributed by atoms with van der Waals surface area (Å²) in [6.45, 7) is 9.63. The van der Waals surface area contributed by atoms with Crippen molar-refractivity contribution in [1.29, 1.82) is 0 Å². The summed E-state index contributed by atoms with van der Waals surface area (Å²) in [5.74, 6) is 0.164. The fourth-order valence-corrected chi connectivity index (χ4v) is 2.13. The van der Waals surface area contributed by atoms with Gasteiger partial charge in [-0.3, -0.25) is 4.79 Å². The summed E-state index contributed by atoms with van der Waals surface area (Å²) in [5, 5.41) is 0. The number of likely N-dealkylation sites (tertiary alicyclic amines) is 1. The van der Waals surface area contributed by atoms with E-state index >= 15 is 0 Å². The summed E-state index contributed by atoms with van der Waals surface area (Å²) >= 11 is 0. The van der Waals surface area contributed by atoms with Crippen molar-refractivity contribution in [2.24, 2.45) is 11.1 Å². The predicted octanol–water partition coefficient (Wildman–Crippen LogP) is 1.39. The lowest BCUT2D eigenvalue weighted by Gasteiger charge is -2.43. The van der Waals surface area contributed by atoms with Crippen molar-refractivity contribution in [2.45, 2.75) is 52.2 Å². The average Bonchev–Trinajstić information content (AvgIpc) is 2.21. The fourth-order valence-electron chi connectivity index (χ4n) is 2.13. The number of ether oxygens (including phenoxy) is 1. The van der Waals surface area contributed by atoms with E-state index in [0.717, 1.165) is 19.5 Å². The molecule has 100 valence electrons. The molecule has 1 heterocycles. The molecule has 1 amide bonds. The standard InChI is InChI=1S/C13H26N2O2/c1-12(2)9-15(7-6-10(12)14)11(16)8-13(3,4)17-5/h10H,6-9,14H2,1-5H3. The monoisotopic (exact) mass is 242 g/mol. The van der Waals surface area contributed by atoms with E-state index < -0.39 is 0 Å². The Kier molecular flexibility index (Phi) is 4.20. The lowest BCUT2D eigenvalue weighted by Crippen LogP contribution is -2.54. The molecule has 1 fully saturated rings. The Bertz CT molecular complexity index is 287. The van der Waals surface area contributed by atoms with Gasteiger partial charge < -0.3 is 15.4 Å². The molecule has 4 heteroatoms. The van der Waals surface area contributed by atoms with Crippen molar-refractivity contribution < 1.29 is 9.53 Å². The topological polar surface area (TPSA) is 55.6 Å². The Hall–Kier alpha value is -0.610. The quantitative estimate of drug-likeness (QED) is 0.813. The van der Waals surface area contributed by atoms with Crippen molar-refractivity contribution in [1.82, 2.24) is 4.90 Å². The minimum Gasteiger partial charge on any atom is -0.378 e. The summed E-state index contributed by atoms with van der Waals surface area (Å²) in [6, 6.07) is 0.182. The molecular formula is C13H26N2O2. The molecule has 0 bridgehead atoms. The summed E-state index contributed by atoms with van der Waals surface area (Å²) < 4.78 is 5.30. The van der Waals surface area contributed by atoms with E-state index in [1.165, 1.54) is 0 Å². The number of nitrogens with zero attached hydrogens (tertiary/aromatic N) is 1. The van der Waals surface area contributed by atoms with Gasteiger partial charge >= 0.3 is 0 Å². The van der Waals surface area contributed by atoms with Crippen molar-refractivity contribution in [2.75, 3.05) is 20.2 Å². The smallest absolute Gasteiger partial charge is 0.225 e. The molecule has 0 aliphatic carbocycles. The molecular weight excluding hydrogens is 216 g/mol. The third-order valence-corrected chi connectivity index (χ3v) is 3.79. The van der Waals surface area contributed by atoms with Gasteiger partial charge in [0.1, 0.15) is 0 Å². The second-order valence-electron chi connectivity index (χ2n) is 6.34. The lowest BCUT2D eigenvalue weighted by molar-refractivity contribution is -0.139. The van der Waals surface area contributed by atoms with Crippen LogP contribution < -0.4 is 5.73 Å². The van der Waals surface area contributed by atoms with E-state index in [1.807, 2.05) is 18.7 Å². The normalized spacial score (nSPS) is 24.8. The number of carbonyl (C=O) groups excluding carboxylic acids is 1. The molecule has 17 heavy (non-hydrogen) atoms. The molecule has 0 saturated carbocycles. The van der Waals surface area contributed by atoms with Gasteiger partial charge in [-0.1, -0.05) is 13.8 Å². The van der Waals surface area contributed by atoms with Crippen LogP contribution in [0, 0.1) is 5.41 Å². The van der Waals surface area contributed by atoms with Crippen LogP contribution in [0.2, 0.25) is 0 Å². The Morgan fingerprint density at radius 3 is 2.59 bits per heavy atom. The third kappa shape index (κ3) is 3.68. The molecule has 0 aromatic carbocycles. The van der Waals surface area contributed by atoms with E-state index in [-0.39, 0.29) is 23.0 Å². The van der Waals surface area contributed by atoms with Crippen molar-refractivity contribution in [3.8, 4) is 0 Å². The van der Waals surface area contributed by atoms with E-state index in [0.29, 0.717) is 6.42 Å². The molecule has 0 radical (unpaired) electrons. The molecule has 0 aromatic heterocycles. The van der Waals surface area contributed by atoms with E-state index in [9.17, 15) is 4.79 Å². The highest BCUT2D eigenvalue weighted by atomic mass is 16.5. The number of carbonyl (C=O) groups is 1. The molecule has 1 saturated heterocycles. The Balaban J connectivity index is 2.60. The van der Waals surface area contributed by atoms with Crippen LogP contribution in [0.25, 0.3) is 0 Å². The van der Waals surface area contributed by atoms with Gasteiger partial charge in [-0.15, -0.1) is 0 Å². The molecule has 1 atom stereocenters. The predicted molar refractivity (Wildman–Crippen MR) is 68.7 cm³/mol. The van der Waals surface area contributed by atoms with E-state index in [1.54, 1.807) is 7.11 Å². The largest absolute Gasteiger partial charge is 0.378 e. The second kappa shape index (κ2) is 4.94. The number of methoxy groups -OCH3 is 1. The molecule has 4 nitrogen and oxygen atoms in total. The highest BCUT2D eigenvalue weighted by Gasteiger charge is 2.36. The van der Waals surface area contributed by atoms with Crippen molar-refractivity contribution in [3.63, 3.8) is 0 Å². The Morgan fingerprint density at radius 2 is 2.12 bits per heavy atom. The van der Waals surface area contributed by atoms with Crippen LogP contribution in [0.4, 0.5) is 0 Å². The number of nitrogens with two attached hydrogens (primary N) is 1. The zero-order valence-corrected chi connectivity index (χ0v) is 11.7. The molecule has 1 rings (SSSR count). The number of rotatable bonds is 3. The van der Waals surface area contributed by atoms with Gasteiger partial charge in [0, 0.05) is 26.2 Å². The van der Waals surface area contributed by atoms with Crippen LogP contribution >= 0.6 is 0 Å². The van der Waals surface area contributed by atoms with Crippen molar-refractivity contribution >= 4 is 5.91 Å². The molecule has 1 aliphatic heterocycles. The SMILES string of the molecule is COC(C)(C)CC(=O)N1CCC(N)C(C)(C)C1. The molecule has 1 unspecified atom stereocenters. The maximum Gasteiger partial charge on any atom is 0.225 e. The van der Waals surface area contributed by atoms with Crippen LogP contribution in [-0.2, 0) is 9.53 Å². The minimum atomic E-state index is -0.388. The van der Waals surface area contributed by atoms with Gasteiger partial charge in [0.15, 0.2) is 0 Å². The number of hydrogen-bond donors (Lipinski definition) is 1. The summed E-state index contributed by atoms with van der Waals surface area (Å²) in [5.41, 5.74) is 5.68. The number of amides is 1. The first-order chi connectivity index (χ1) is 7.68. The van der Waals surface area contributed by atoms with Gasteiger partial charge in [0.05, 0.1) is 12.0 Å². The molecule has 0 aromatic rings. The summed E-state index contributed by atoms with van der Waals surface area (Å²) in [7, 11) is 1.64. The zero-order valence-electron chi connectivity index (χ0n) is 11.7. The number of hydrogen-bond acceptors (Lipinski definition) is 3. The third-order valence-electron chi connectivity index (χ3n) is 3.79. The lowest BCUT2D eigenvalue weighted by atomic mass is 9.79. The minimum absolute atomic E-state index is 0.00508. The first-order valence-corrected chi connectivity index (χ1v) is 6.26. The zero-order chi connectivity index (χ0) is 13.3. The van der Waals surface area contributed by atoms with E-state index in [2.05, 4.69) is 13.8 Å². The van der Waals surface area contributed by atoms with Crippen LogP contribution in [0.1, 0.15) is 40.5 Å². The van der Waals surface area contributed by atoms with Gasteiger partial charge in [-0.25, -0.2) is 0 Å².